The molecule has 5 rings (SSSR count). The number of rotatable bonds is 3. The van der Waals surface area contributed by atoms with Crippen LogP contribution in [-0.2, 0) is 24.8 Å². The predicted molar refractivity (Wildman–Crippen MR) is 94.1 cm³/mol. The number of nitrogens with zero attached hydrogens (tertiary/aromatic N) is 5. The topological polar surface area (TPSA) is 68.0 Å². The molecular weight excluding hydrogens is 316 g/mol. The minimum Gasteiger partial charge on any atom is -0.314 e. The van der Waals surface area contributed by atoms with Crippen LogP contribution in [0.3, 0.4) is 0 Å². The van der Waals surface area contributed by atoms with E-state index in [4.69, 9.17) is 4.98 Å². The Kier molecular flexibility index (Phi) is 3.28. The van der Waals surface area contributed by atoms with Gasteiger partial charge in [-0.3, -0.25) is 9.48 Å². The van der Waals surface area contributed by atoms with Gasteiger partial charge in [0.15, 0.2) is 0 Å². The first kappa shape index (κ1) is 15.1. The fourth-order valence-corrected chi connectivity index (χ4v) is 4.62. The lowest BCUT2D eigenvalue weighted by Gasteiger charge is -2.25. The van der Waals surface area contributed by atoms with E-state index in [9.17, 15) is 4.79 Å². The average molecular weight is 340 g/mol. The molecule has 0 unspecified atom stereocenters. The van der Waals surface area contributed by atoms with E-state index in [2.05, 4.69) is 19.9 Å². The van der Waals surface area contributed by atoms with Crippen molar-refractivity contribution in [2.24, 2.45) is 12.5 Å². The molecule has 0 aliphatic carbocycles. The summed E-state index contributed by atoms with van der Waals surface area (Å²) in [5.74, 6) is 2.12. The number of hydrogen-bond acceptors (Lipinski definition) is 4. The second-order valence-corrected chi connectivity index (χ2v) is 7.75. The Morgan fingerprint density at radius 3 is 2.76 bits per heavy atom. The first-order valence-electron chi connectivity index (χ1n) is 9.27. The number of imidazole rings is 1. The van der Waals surface area contributed by atoms with Crippen LogP contribution in [0.2, 0.25) is 0 Å². The maximum Gasteiger partial charge on any atom is 0.233 e. The molecule has 2 aromatic rings. The van der Waals surface area contributed by atoms with Gasteiger partial charge < -0.3 is 14.8 Å². The summed E-state index contributed by atoms with van der Waals surface area (Å²) in [6, 6.07) is 0. The number of aryl methyl sites for hydroxylation is 2. The highest BCUT2D eigenvalue weighted by atomic mass is 16.2. The number of carbonyl (C=O) groups is 1. The lowest BCUT2D eigenvalue weighted by atomic mass is 9.83. The zero-order valence-electron chi connectivity index (χ0n) is 14.7. The smallest absolute Gasteiger partial charge is 0.233 e. The van der Waals surface area contributed by atoms with Crippen molar-refractivity contribution in [2.45, 2.75) is 38.6 Å². The van der Waals surface area contributed by atoms with Gasteiger partial charge in [0.1, 0.15) is 17.3 Å². The molecule has 132 valence electrons. The number of amides is 1. The fraction of sp³-hybridized carbons (Fsp3) is 0.611. The summed E-state index contributed by atoms with van der Waals surface area (Å²) >= 11 is 0. The van der Waals surface area contributed by atoms with Crippen LogP contribution in [0.15, 0.2) is 12.4 Å². The highest BCUT2D eigenvalue weighted by Crippen LogP contribution is 2.42. The summed E-state index contributed by atoms with van der Waals surface area (Å²) < 4.78 is 3.99. The molecule has 1 amide bonds. The molecule has 0 atom stereocenters. The summed E-state index contributed by atoms with van der Waals surface area (Å²) in [5, 5.41) is 7.57. The van der Waals surface area contributed by atoms with E-state index in [1.54, 1.807) is 4.68 Å². The molecule has 2 saturated heterocycles. The molecule has 0 aromatic carbocycles. The average Bonchev–Trinajstić information content (AvgIpc) is 3.38. The van der Waals surface area contributed by atoms with Gasteiger partial charge in [-0.25, -0.2) is 4.98 Å². The van der Waals surface area contributed by atoms with Crippen molar-refractivity contribution in [1.29, 1.82) is 0 Å². The molecule has 2 bridgehead atoms. The zero-order chi connectivity index (χ0) is 17.0. The monoisotopic (exact) mass is 340 g/mol. The Balaban J connectivity index is 1.53. The van der Waals surface area contributed by atoms with Crippen molar-refractivity contribution < 1.29 is 4.79 Å². The molecular formula is C18H24N6O. The number of carbonyl (C=O) groups excluding carboxylic acids is 1. The minimum atomic E-state index is -0.203. The molecule has 2 fully saturated rings. The van der Waals surface area contributed by atoms with Gasteiger partial charge in [-0.15, -0.1) is 0 Å². The van der Waals surface area contributed by atoms with Gasteiger partial charge in [-0.1, -0.05) is 0 Å². The van der Waals surface area contributed by atoms with Crippen molar-refractivity contribution in [1.82, 2.24) is 24.2 Å². The van der Waals surface area contributed by atoms with E-state index in [0.717, 1.165) is 81.2 Å². The largest absolute Gasteiger partial charge is 0.314 e. The molecule has 7 heteroatoms. The third-order valence-corrected chi connectivity index (χ3v) is 6.11. The second-order valence-electron chi connectivity index (χ2n) is 7.75. The van der Waals surface area contributed by atoms with E-state index in [-0.39, 0.29) is 11.3 Å². The standard InChI is InChI=1S/C18H24N6O/c1-22-11-13(10-19-22)15-16(24-7-3-2-4-14(24)20-15)21-17(25)18-5-8-23(12-18)9-6-18/h10-11H,2-9,12H2,1H3,(H,21,25). The first-order chi connectivity index (χ1) is 12.1. The van der Waals surface area contributed by atoms with Crippen LogP contribution in [0.25, 0.3) is 11.3 Å². The molecule has 25 heavy (non-hydrogen) atoms. The Bertz CT molecular complexity index is 827. The summed E-state index contributed by atoms with van der Waals surface area (Å²) in [6.45, 7) is 3.93. The van der Waals surface area contributed by atoms with Crippen molar-refractivity contribution in [3.05, 3.63) is 18.2 Å². The Morgan fingerprint density at radius 2 is 2.08 bits per heavy atom. The van der Waals surface area contributed by atoms with Crippen LogP contribution in [0, 0.1) is 5.41 Å². The van der Waals surface area contributed by atoms with Crippen LogP contribution >= 0.6 is 0 Å². The quantitative estimate of drug-likeness (QED) is 0.923. The SMILES string of the molecule is Cn1cc(-c2nc3n(c2NC(=O)C24CCN(CC2)C4)CCCC3)cn1. The number of hydrogen-bond donors (Lipinski definition) is 1. The molecule has 5 heterocycles. The van der Waals surface area contributed by atoms with Crippen LogP contribution in [0.5, 0.6) is 0 Å². The number of fused-ring (bicyclic) bond motifs is 3. The van der Waals surface area contributed by atoms with Crippen LogP contribution < -0.4 is 5.32 Å². The van der Waals surface area contributed by atoms with Gasteiger partial charge in [0, 0.05) is 38.3 Å². The summed E-state index contributed by atoms with van der Waals surface area (Å²) in [7, 11) is 1.91. The normalized spacial score (nSPS) is 27.5. The van der Waals surface area contributed by atoms with E-state index >= 15 is 0 Å². The number of aromatic nitrogens is 4. The minimum absolute atomic E-state index is 0.172. The third kappa shape index (κ3) is 2.33. The van der Waals surface area contributed by atoms with Gasteiger partial charge in [0.05, 0.1) is 11.6 Å². The van der Waals surface area contributed by atoms with E-state index in [0.29, 0.717) is 0 Å². The van der Waals surface area contributed by atoms with Gasteiger partial charge in [0.2, 0.25) is 5.91 Å². The fourth-order valence-electron chi connectivity index (χ4n) is 4.62. The van der Waals surface area contributed by atoms with Gasteiger partial charge in [0.25, 0.3) is 0 Å². The van der Waals surface area contributed by atoms with Crippen molar-refractivity contribution >= 4 is 11.7 Å². The van der Waals surface area contributed by atoms with E-state index in [1.807, 2.05) is 19.4 Å². The predicted octanol–water partition coefficient (Wildman–Crippen LogP) is 1.65. The molecule has 0 saturated carbocycles. The van der Waals surface area contributed by atoms with Crippen LogP contribution in [0.1, 0.15) is 31.5 Å². The van der Waals surface area contributed by atoms with Crippen molar-refractivity contribution in [3.63, 3.8) is 0 Å². The first-order valence-corrected chi connectivity index (χ1v) is 9.27. The number of anilines is 1. The highest BCUT2D eigenvalue weighted by molar-refractivity contribution is 5.98. The van der Waals surface area contributed by atoms with E-state index in [1.165, 1.54) is 0 Å². The molecule has 7 nitrogen and oxygen atoms in total. The summed E-state index contributed by atoms with van der Waals surface area (Å²) in [5.41, 5.74) is 1.63. The molecule has 1 N–H and O–H groups in total. The maximum absolute atomic E-state index is 13.2. The highest BCUT2D eigenvalue weighted by Gasteiger charge is 2.49. The maximum atomic E-state index is 13.2. The number of nitrogens with one attached hydrogen (secondary N) is 1. The summed E-state index contributed by atoms with van der Waals surface area (Å²) in [6.07, 6.45) is 9.02. The lowest BCUT2D eigenvalue weighted by Crippen LogP contribution is -2.36. The van der Waals surface area contributed by atoms with Crippen molar-refractivity contribution in [3.8, 4) is 11.3 Å². The van der Waals surface area contributed by atoms with Crippen molar-refractivity contribution in [2.75, 3.05) is 25.0 Å². The van der Waals surface area contributed by atoms with E-state index < -0.39 is 0 Å². The Morgan fingerprint density at radius 1 is 1.24 bits per heavy atom. The van der Waals surface area contributed by atoms with Gasteiger partial charge in [-0.05, 0) is 38.8 Å². The third-order valence-electron chi connectivity index (χ3n) is 6.11. The van der Waals surface area contributed by atoms with Crippen LogP contribution in [-0.4, -0.2) is 49.8 Å². The second kappa shape index (κ2) is 5.42. The molecule has 2 aromatic heterocycles. The van der Waals surface area contributed by atoms with Crippen LogP contribution in [0.4, 0.5) is 5.82 Å². The zero-order valence-corrected chi connectivity index (χ0v) is 14.7. The Labute approximate surface area is 147 Å². The molecule has 0 radical (unpaired) electrons. The van der Waals surface area contributed by atoms with Gasteiger partial charge in [-0.2, -0.15) is 5.10 Å². The summed E-state index contributed by atoms with van der Waals surface area (Å²) in [4.78, 5) is 20.4. The lowest BCUT2D eigenvalue weighted by molar-refractivity contribution is -0.124. The van der Waals surface area contributed by atoms with Gasteiger partial charge >= 0.3 is 0 Å². The molecule has 3 aliphatic heterocycles. The molecule has 0 spiro atoms. The Hall–Kier alpha value is -2.15. The molecule has 3 aliphatic rings. The number of piperidine rings is 1.